The molecule has 0 atom stereocenters. The number of aldehydes is 1. The van der Waals surface area contributed by atoms with Gasteiger partial charge in [-0.15, -0.1) is 0 Å². The Morgan fingerprint density at radius 2 is 2.12 bits per heavy atom. The predicted octanol–water partition coefficient (Wildman–Crippen LogP) is 1.84. The molecule has 2 aromatic heterocycles. The van der Waals surface area contributed by atoms with E-state index in [4.69, 9.17) is 0 Å². The molecule has 0 aliphatic carbocycles. The Morgan fingerprint density at radius 3 is 2.69 bits per heavy atom. The van der Waals surface area contributed by atoms with E-state index in [1.165, 1.54) is 6.20 Å². The maximum absolute atomic E-state index is 13.3. The highest BCUT2D eigenvalue weighted by molar-refractivity contribution is 5.80. The van der Waals surface area contributed by atoms with Gasteiger partial charge in [0, 0.05) is 6.20 Å². The van der Waals surface area contributed by atoms with Crippen LogP contribution in [0.25, 0.3) is 5.69 Å². The molecule has 2 heterocycles. The third kappa shape index (κ3) is 1.60. The summed E-state index contributed by atoms with van der Waals surface area (Å²) in [6.45, 7) is 3.61. The van der Waals surface area contributed by atoms with Crippen molar-refractivity contribution < 1.29 is 9.18 Å². The van der Waals surface area contributed by atoms with E-state index in [0.29, 0.717) is 17.8 Å². The summed E-state index contributed by atoms with van der Waals surface area (Å²) in [5.41, 5.74) is 1.21. The number of hydrogen-bond donors (Lipinski definition) is 0. The average molecular weight is 219 g/mol. The third-order valence-corrected chi connectivity index (χ3v) is 2.30. The summed E-state index contributed by atoms with van der Waals surface area (Å²) in [7, 11) is 0. The van der Waals surface area contributed by atoms with Crippen molar-refractivity contribution in [2.45, 2.75) is 13.8 Å². The third-order valence-electron chi connectivity index (χ3n) is 2.30. The van der Waals surface area contributed by atoms with Gasteiger partial charge in [-0.1, -0.05) is 0 Å². The molecular weight excluding hydrogens is 209 g/mol. The van der Waals surface area contributed by atoms with Crippen molar-refractivity contribution in [1.29, 1.82) is 0 Å². The Bertz CT molecular complexity index is 548. The number of rotatable bonds is 2. The second-order valence-electron chi connectivity index (χ2n) is 3.47. The van der Waals surface area contributed by atoms with Crippen LogP contribution in [0.1, 0.15) is 21.9 Å². The smallest absolute Gasteiger partial charge is 0.155 e. The lowest BCUT2D eigenvalue weighted by molar-refractivity contribution is 0.111. The van der Waals surface area contributed by atoms with Crippen LogP contribution in [0, 0.1) is 19.7 Å². The van der Waals surface area contributed by atoms with Gasteiger partial charge >= 0.3 is 0 Å². The highest BCUT2D eigenvalue weighted by Crippen LogP contribution is 2.17. The van der Waals surface area contributed by atoms with Gasteiger partial charge in [0.15, 0.2) is 12.1 Å². The molecular formula is C11H10FN3O. The zero-order valence-electron chi connectivity index (χ0n) is 8.94. The lowest BCUT2D eigenvalue weighted by Crippen LogP contribution is -2.03. The molecule has 0 bridgehead atoms. The largest absolute Gasteiger partial charge is 0.301 e. The van der Waals surface area contributed by atoms with Crippen molar-refractivity contribution in [1.82, 2.24) is 14.5 Å². The molecule has 0 aliphatic rings. The van der Waals surface area contributed by atoms with Crippen LogP contribution in [-0.2, 0) is 0 Å². The van der Waals surface area contributed by atoms with E-state index in [9.17, 15) is 9.18 Å². The van der Waals surface area contributed by atoms with Gasteiger partial charge in [-0.3, -0.25) is 9.78 Å². The number of halogens is 1. The molecule has 4 nitrogen and oxygen atoms in total. The molecule has 2 rings (SSSR count). The molecule has 0 N–H and O–H groups in total. The minimum atomic E-state index is -0.627. The Kier molecular flexibility index (Phi) is 2.52. The Balaban J connectivity index is 2.68. The minimum Gasteiger partial charge on any atom is -0.301 e. The lowest BCUT2D eigenvalue weighted by Gasteiger charge is -2.07. The van der Waals surface area contributed by atoms with Crippen molar-refractivity contribution in [3.63, 3.8) is 0 Å². The van der Waals surface area contributed by atoms with Crippen LogP contribution in [0.3, 0.4) is 0 Å². The summed E-state index contributed by atoms with van der Waals surface area (Å²) in [4.78, 5) is 18.8. The maximum atomic E-state index is 13.3. The molecule has 0 saturated carbocycles. The van der Waals surface area contributed by atoms with Gasteiger partial charge in [0.25, 0.3) is 0 Å². The van der Waals surface area contributed by atoms with Gasteiger partial charge in [0.2, 0.25) is 0 Å². The molecule has 0 aliphatic heterocycles. The summed E-state index contributed by atoms with van der Waals surface area (Å²) in [6.07, 6.45) is 4.69. The molecule has 16 heavy (non-hydrogen) atoms. The van der Waals surface area contributed by atoms with Gasteiger partial charge < -0.3 is 4.57 Å². The van der Waals surface area contributed by atoms with Crippen molar-refractivity contribution in [2.24, 2.45) is 0 Å². The van der Waals surface area contributed by atoms with Crippen LogP contribution in [0.2, 0.25) is 0 Å². The molecule has 0 spiro atoms. The summed E-state index contributed by atoms with van der Waals surface area (Å²) >= 11 is 0. The highest BCUT2D eigenvalue weighted by Gasteiger charge is 2.12. The maximum Gasteiger partial charge on any atom is 0.155 e. The van der Waals surface area contributed by atoms with E-state index in [1.807, 2.05) is 6.92 Å². The quantitative estimate of drug-likeness (QED) is 0.724. The molecule has 0 amide bonds. The van der Waals surface area contributed by atoms with Crippen LogP contribution in [0.15, 0.2) is 18.6 Å². The van der Waals surface area contributed by atoms with Gasteiger partial charge in [0.05, 0.1) is 29.3 Å². The fourth-order valence-corrected chi connectivity index (χ4v) is 1.61. The second kappa shape index (κ2) is 3.84. The van der Waals surface area contributed by atoms with Crippen LogP contribution in [0.4, 0.5) is 4.39 Å². The number of carbonyl (C=O) groups is 1. The second-order valence-corrected chi connectivity index (χ2v) is 3.47. The van der Waals surface area contributed by atoms with Gasteiger partial charge in [-0.2, -0.15) is 0 Å². The van der Waals surface area contributed by atoms with Gasteiger partial charge in [0.1, 0.15) is 5.82 Å². The Labute approximate surface area is 91.8 Å². The Hall–Kier alpha value is -2.04. The van der Waals surface area contributed by atoms with Crippen LogP contribution in [-0.4, -0.2) is 20.8 Å². The fraction of sp³-hybridized carbons (Fsp3) is 0.182. The first-order valence-electron chi connectivity index (χ1n) is 4.75. The van der Waals surface area contributed by atoms with E-state index >= 15 is 0 Å². The minimum absolute atomic E-state index is 0.00417. The van der Waals surface area contributed by atoms with Crippen LogP contribution < -0.4 is 0 Å². The van der Waals surface area contributed by atoms with E-state index in [1.54, 1.807) is 17.7 Å². The molecule has 0 radical (unpaired) electrons. The molecule has 2 aromatic rings. The topological polar surface area (TPSA) is 47.8 Å². The van der Waals surface area contributed by atoms with Crippen LogP contribution >= 0.6 is 0 Å². The van der Waals surface area contributed by atoms with Crippen molar-refractivity contribution >= 4 is 6.29 Å². The first-order chi connectivity index (χ1) is 7.63. The molecule has 5 heteroatoms. The highest BCUT2D eigenvalue weighted by atomic mass is 19.1. The summed E-state index contributed by atoms with van der Waals surface area (Å²) in [5.74, 6) is 0.0613. The molecule has 0 unspecified atom stereocenters. The summed E-state index contributed by atoms with van der Waals surface area (Å²) in [6, 6.07) is 0. The standard InChI is InChI=1S/C11H10FN3O/c1-7-5-15(8(2)14-7)11-4-13-3-10(12)9(11)6-16/h3-6H,1-2H3. The molecule has 0 saturated heterocycles. The van der Waals surface area contributed by atoms with E-state index in [0.717, 1.165) is 11.9 Å². The van der Waals surface area contributed by atoms with Crippen molar-refractivity contribution in [3.8, 4) is 5.69 Å². The summed E-state index contributed by atoms with van der Waals surface area (Å²) in [5, 5.41) is 0. The average Bonchev–Trinajstić information content (AvgIpc) is 2.57. The molecule has 0 aromatic carbocycles. The number of pyridine rings is 1. The number of nitrogens with zero attached hydrogens (tertiary/aromatic N) is 3. The zero-order valence-corrected chi connectivity index (χ0v) is 8.94. The lowest BCUT2D eigenvalue weighted by atomic mass is 10.2. The van der Waals surface area contributed by atoms with Crippen molar-refractivity contribution in [2.75, 3.05) is 0 Å². The molecule has 0 fully saturated rings. The number of aryl methyl sites for hydroxylation is 2. The first-order valence-corrected chi connectivity index (χ1v) is 4.75. The number of carbonyl (C=O) groups excluding carboxylic acids is 1. The zero-order chi connectivity index (χ0) is 11.7. The number of aromatic nitrogens is 3. The van der Waals surface area contributed by atoms with E-state index in [2.05, 4.69) is 9.97 Å². The van der Waals surface area contributed by atoms with Crippen molar-refractivity contribution in [3.05, 3.63) is 41.5 Å². The van der Waals surface area contributed by atoms with Crippen LogP contribution in [0.5, 0.6) is 0 Å². The van der Waals surface area contributed by atoms with Gasteiger partial charge in [-0.25, -0.2) is 9.37 Å². The fourth-order valence-electron chi connectivity index (χ4n) is 1.61. The van der Waals surface area contributed by atoms with E-state index < -0.39 is 5.82 Å². The van der Waals surface area contributed by atoms with Gasteiger partial charge in [-0.05, 0) is 13.8 Å². The Morgan fingerprint density at radius 1 is 1.38 bits per heavy atom. The molecule has 82 valence electrons. The predicted molar refractivity (Wildman–Crippen MR) is 56.2 cm³/mol. The number of imidazole rings is 1. The van der Waals surface area contributed by atoms with E-state index in [-0.39, 0.29) is 5.56 Å². The number of hydrogen-bond acceptors (Lipinski definition) is 3. The normalized spacial score (nSPS) is 10.4. The monoisotopic (exact) mass is 219 g/mol. The SMILES string of the molecule is Cc1cn(-c2cncc(F)c2C=O)c(C)n1. The summed E-state index contributed by atoms with van der Waals surface area (Å²) < 4.78 is 15.0. The first kappa shape index (κ1) is 10.5.